The molecule has 0 aromatic carbocycles. The molecule has 2 unspecified atom stereocenters. The van der Waals surface area contributed by atoms with E-state index in [1.165, 1.54) is 24.2 Å². The summed E-state index contributed by atoms with van der Waals surface area (Å²) in [4.78, 5) is 26.9. The van der Waals surface area contributed by atoms with Crippen molar-refractivity contribution >= 4 is 21.8 Å². The van der Waals surface area contributed by atoms with Crippen molar-refractivity contribution in [1.82, 2.24) is 14.9 Å². The molecule has 0 saturated heterocycles. The third-order valence-corrected chi connectivity index (χ3v) is 6.86. The number of rotatable bonds is 9. The smallest absolute Gasteiger partial charge is 0.250 e. The molecule has 0 spiro atoms. The van der Waals surface area contributed by atoms with Crippen LogP contribution in [0.25, 0.3) is 0 Å². The van der Waals surface area contributed by atoms with Gasteiger partial charge in [0.25, 0.3) is 5.91 Å². The van der Waals surface area contributed by atoms with Gasteiger partial charge in [-0.3, -0.25) is 9.59 Å². The van der Waals surface area contributed by atoms with Crippen LogP contribution in [0, 0.1) is 5.92 Å². The Morgan fingerprint density at radius 3 is 2.14 bits per heavy atom. The molecule has 0 bridgehead atoms. The van der Waals surface area contributed by atoms with E-state index < -0.39 is 34.0 Å². The molecule has 2 saturated carbocycles. The van der Waals surface area contributed by atoms with E-state index in [2.05, 4.69) is 10.0 Å². The fourth-order valence-electron chi connectivity index (χ4n) is 4.52. The average molecular weight is 432 g/mol. The van der Waals surface area contributed by atoms with E-state index in [1.807, 2.05) is 0 Å². The Bertz CT molecular complexity index is 643. The molecule has 2 amide bonds. The molecule has 0 aromatic rings. The molecule has 29 heavy (non-hydrogen) atoms. The standard InChI is InChI=1S/C20H37N3O5S/c1-15(19(25)20(26)21-13-16-9-5-3-6-10-16)23(17-11-7-4-8-12-17)18(24)14-22-29(2,27)28/h15-17,19,22,25H,3-14H2,1-2H3,(H,21,26). The summed E-state index contributed by atoms with van der Waals surface area (Å²) >= 11 is 0. The number of carbonyl (C=O) groups excluding carboxylic acids is 2. The lowest BCUT2D eigenvalue weighted by Gasteiger charge is -2.40. The van der Waals surface area contributed by atoms with Crippen LogP contribution in [-0.4, -0.2) is 67.8 Å². The van der Waals surface area contributed by atoms with Gasteiger partial charge < -0.3 is 15.3 Å². The van der Waals surface area contributed by atoms with E-state index in [9.17, 15) is 23.1 Å². The van der Waals surface area contributed by atoms with Crippen LogP contribution in [0.3, 0.4) is 0 Å². The highest BCUT2D eigenvalue weighted by Crippen LogP contribution is 2.26. The van der Waals surface area contributed by atoms with Crippen molar-refractivity contribution < 1.29 is 23.1 Å². The van der Waals surface area contributed by atoms with Crippen molar-refractivity contribution in [2.45, 2.75) is 89.3 Å². The summed E-state index contributed by atoms with van der Waals surface area (Å²) in [5.41, 5.74) is 0. The molecular formula is C20H37N3O5S. The summed E-state index contributed by atoms with van der Waals surface area (Å²) in [6.45, 7) is 1.85. The van der Waals surface area contributed by atoms with Crippen LogP contribution in [-0.2, 0) is 19.6 Å². The first-order valence-electron chi connectivity index (χ1n) is 10.9. The number of hydrogen-bond donors (Lipinski definition) is 3. The van der Waals surface area contributed by atoms with E-state index in [4.69, 9.17) is 0 Å². The molecule has 3 N–H and O–H groups in total. The normalized spacial score (nSPS) is 21.3. The Labute approximate surface area is 174 Å². The highest BCUT2D eigenvalue weighted by atomic mass is 32.2. The molecule has 2 atom stereocenters. The Morgan fingerprint density at radius 1 is 1.03 bits per heavy atom. The molecule has 0 radical (unpaired) electrons. The van der Waals surface area contributed by atoms with Crippen molar-refractivity contribution in [2.24, 2.45) is 5.92 Å². The zero-order chi connectivity index (χ0) is 21.4. The van der Waals surface area contributed by atoms with Gasteiger partial charge in [0.1, 0.15) is 0 Å². The molecule has 9 heteroatoms. The average Bonchev–Trinajstić information content (AvgIpc) is 2.71. The minimum Gasteiger partial charge on any atom is -0.381 e. The number of amides is 2. The van der Waals surface area contributed by atoms with Crippen LogP contribution in [0.1, 0.15) is 71.1 Å². The fourth-order valence-corrected chi connectivity index (χ4v) is 4.90. The van der Waals surface area contributed by atoms with E-state index in [0.29, 0.717) is 12.5 Å². The lowest BCUT2D eigenvalue weighted by atomic mass is 9.89. The van der Waals surface area contributed by atoms with Crippen LogP contribution in [0.4, 0.5) is 0 Å². The number of aliphatic hydroxyl groups excluding tert-OH is 1. The second-order valence-electron chi connectivity index (χ2n) is 8.62. The van der Waals surface area contributed by atoms with Gasteiger partial charge in [-0.1, -0.05) is 38.5 Å². The van der Waals surface area contributed by atoms with Gasteiger partial charge in [0.05, 0.1) is 18.8 Å². The Hall–Kier alpha value is -1.19. The maximum absolute atomic E-state index is 12.8. The van der Waals surface area contributed by atoms with Crippen molar-refractivity contribution in [3.05, 3.63) is 0 Å². The molecule has 2 aliphatic carbocycles. The molecule has 0 aliphatic heterocycles. The lowest BCUT2D eigenvalue weighted by molar-refractivity contribution is -0.143. The number of nitrogens with one attached hydrogen (secondary N) is 2. The Balaban J connectivity index is 2.00. The predicted molar refractivity (Wildman–Crippen MR) is 112 cm³/mol. The first kappa shape index (κ1) is 24.1. The topological polar surface area (TPSA) is 116 Å². The number of sulfonamides is 1. The van der Waals surface area contributed by atoms with E-state index in [0.717, 1.165) is 51.2 Å². The first-order valence-corrected chi connectivity index (χ1v) is 12.8. The largest absolute Gasteiger partial charge is 0.381 e. The molecule has 8 nitrogen and oxygen atoms in total. The Morgan fingerprint density at radius 2 is 1.59 bits per heavy atom. The summed E-state index contributed by atoms with van der Waals surface area (Å²) in [7, 11) is -3.51. The van der Waals surface area contributed by atoms with Crippen molar-refractivity contribution in [3.63, 3.8) is 0 Å². The second kappa shape index (κ2) is 11.3. The summed E-state index contributed by atoms with van der Waals surface area (Å²) in [5.74, 6) is -0.424. The van der Waals surface area contributed by atoms with Gasteiger partial charge in [-0.2, -0.15) is 0 Å². The fraction of sp³-hybridized carbons (Fsp3) is 0.900. The SMILES string of the molecule is CC(C(O)C(=O)NCC1CCCCC1)N(C(=O)CNS(C)(=O)=O)C1CCCCC1. The summed E-state index contributed by atoms with van der Waals surface area (Å²) in [5, 5.41) is 13.5. The first-order chi connectivity index (χ1) is 13.7. The van der Waals surface area contributed by atoms with Crippen molar-refractivity contribution in [3.8, 4) is 0 Å². The van der Waals surface area contributed by atoms with Gasteiger partial charge in [0.2, 0.25) is 15.9 Å². The molecular weight excluding hydrogens is 394 g/mol. The Kier molecular flexibility index (Phi) is 9.36. The lowest BCUT2D eigenvalue weighted by Crippen LogP contribution is -2.57. The molecule has 0 aromatic heterocycles. The maximum atomic E-state index is 12.8. The highest BCUT2D eigenvalue weighted by Gasteiger charge is 2.35. The van der Waals surface area contributed by atoms with Crippen LogP contribution < -0.4 is 10.0 Å². The van der Waals surface area contributed by atoms with Crippen LogP contribution in [0.2, 0.25) is 0 Å². The molecule has 2 aliphatic rings. The summed E-state index contributed by atoms with van der Waals surface area (Å²) in [6.07, 6.45) is 10.1. The van der Waals surface area contributed by atoms with E-state index in [1.54, 1.807) is 6.92 Å². The molecule has 0 heterocycles. The van der Waals surface area contributed by atoms with Crippen molar-refractivity contribution in [1.29, 1.82) is 0 Å². The van der Waals surface area contributed by atoms with Crippen LogP contribution in [0.15, 0.2) is 0 Å². The highest BCUT2D eigenvalue weighted by molar-refractivity contribution is 7.88. The maximum Gasteiger partial charge on any atom is 0.250 e. The van der Waals surface area contributed by atoms with Gasteiger partial charge in [0, 0.05) is 12.6 Å². The van der Waals surface area contributed by atoms with Crippen LogP contribution >= 0.6 is 0 Å². The summed E-state index contributed by atoms with van der Waals surface area (Å²) in [6, 6.07) is -0.813. The number of carbonyl (C=O) groups is 2. The van der Waals surface area contributed by atoms with Crippen LogP contribution in [0.5, 0.6) is 0 Å². The van der Waals surface area contributed by atoms with Gasteiger partial charge >= 0.3 is 0 Å². The number of hydrogen-bond acceptors (Lipinski definition) is 5. The van der Waals surface area contributed by atoms with E-state index in [-0.39, 0.29) is 12.6 Å². The number of nitrogens with zero attached hydrogens (tertiary/aromatic N) is 1. The second-order valence-corrected chi connectivity index (χ2v) is 10.5. The monoisotopic (exact) mass is 431 g/mol. The summed E-state index contributed by atoms with van der Waals surface area (Å²) < 4.78 is 25.0. The quantitative estimate of drug-likeness (QED) is 0.506. The van der Waals surface area contributed by atoms with Gasteiger partial charge in [-0.25, -0.2) is 13.1 Å². The minimum atomic E-state index is -3.51. The van der Waals surface area contributed by atoms with Gasteiger partial charge in [0.15, 0.2) is 6.10 Å². The van der Waals surface area contributed by atoms with Gasteiger partial charge in [-0.05, 0) is 38.5 Å². The van der Waals surface area contributed by atoms with Crippen molar-refractivity contribution in [2.75, 3.05) is 19.3 Å². The predicted octanol–water partition coefficient (Wildman–Crippen LogP) is 1.14. The molecule has 2 rings (SSSR count). The number of aliphatic hydroxyl groups is 1. The molecule has 2 fully saturated rings. The molecule has 168 valence electrons. The van der Waals surface area contributed by atoms with Gasteiger partial charge in [-0.15, -0.1) is 0 Å². The van der Waals surface area contributed by atoms with E-state index >= 15 is 0 Å². The third-order valence-electron chi connectivity index (χ3n) is 6.20. The minimum absolute atomic E-state index is 0.0894. The zero-order valence-electron chi connectivity index (χ0n) is 17.7. The zero-order valence-corrected chi connectivity index (χ0v) is 18.5. The third kappa shape index (κ3) is 7.86.